The molecule has 0 bridgehead atoms. The Morgan fingerprint density at radius 3 is 2.52 bits per heavy atom. The zero-order valence-corrected chi connectivity index (χ0v) is 19.5. The van der Waals surface area contributed by atoms with Crippen LogP contribution >= 0.6 is 24.0 Å². The lowest BCUT2D eigenvalue weighted by molar-refractivity contribution is 0.00701. The Labute approximate surface area is 180 Å². The molecule has 2 saturated heterocycles. The van der Waals surface area contributed by atoms with Gasteiger partial charge in [0.1, 0.15) is 5.60 Å². The molecule has 158 valence electrons. The molecule has 9 heteroatoms. The molecule has 2 aliphatic rings. The average Bonchev–Trinajstić information content (AvgIpc) is 2.53. The van der Waals surface area contributed by atoms with Gasteiger partial charge in [-0.1, -0.05) is 0 Å². The zero-order chi connectivity index (χ0) is 19.0. The second-order valence-electron chi connectivity index (χ2n) is 7.79. The number of ether oxygens (including phenoxy) is 2. The summed E-state index contributed by atoms with van der Waals surface area (Å²) < 4.78 is 10.7. The number of hydrogen-bond donors (Lipinski definition) is 2. The molecule has 27 heavy (non-hydrogen) atoms. The third-order valence-electron chi connectivity index (χ3n) is 4.22. The summed E-state index contributed by atoms with van der Waals surface area (Å²) in [7, 11) is 0. The summed E-state index contributed by atoms with van der Waals surface area (Å²) in [6.07, 6.45) is 0.786. The molecule has 0 radical (unpaired) electrons. The highest BCUT2D eigenvalue weighted by Gasteiger charge is 2.34. The first kappa shape index (κ1) is 24.2. The molecular weight excluding hydrogens is 461 g/mol. The Balaban J connectivity index is 0.00000364. The fourth-order valence-corrected chi connectivity index (χ4v) is 2.87. The van der Waals surface area contributed by atoms with E-state index in [1.54, 1.807) is 4.90 Å². The van der Waals surface area contributed by atoms with E-state index in [-0.39, 0.29) is 36.1 Å². The Morgan fingerprint density at radius 2 is 1.93 bits per heavy atom. The fourth-order valence-electron chi connectivity index (χ4n) is 2.87. The van der Waals surface area contributed by atoms with Crippen LogP contribution in [0.5, 0.6) is 0 Å². The number of hydrogen-bond acceptors (Lipinski definition) is 5. The maximum atomic E-state index is 12.0. The van der Waals surface area contributed by atoms with Gasteiger partial charge in [-0.15, -0.1) is 24.0 Å². The molecule has 0 aromatic heterocycles. The van der Waals surface area contributed by atoms with Crippen molar-refractivity contribution in [3.63, 3.8) is 0 Å². The third kappa shape index (κ3) is 9.29. The zero-order valence-electron chi connectivity index (χ0n) is 17.1. The van der Waals surface area contributed by atoms with Crippen molar-refractivity contribution < 1.29 is 14.3 Å². The third-order valence-corrected chi connectivity index (χ3v) is 4.22. The average molecular weight is 497 g/mol. The van der Waals surface area contributed by atoms with Gasteiger partial charge in [-0.3, -0.25) is 9.89 Å². The minimum absolute atomic E-state index is 0. The lowest BCUT2D eigenvalue weighted by Crippen LogP contribution is -2.63. The first-order valence-corrected chi connectivity index (χ1v) is 9.70. The molecule has 2 rings (SSSR count). The molecule has 8 nitrogen and oxygen atoms in total. The smallest absolute Gasteiger partial charge is 0.410 e. The second-order valence-corrected chi connectivity index (χ2v) is 7.79. The standard InChI is InChI=1S/C18H35N5O3.HI/c1-5-19-16(20-7-6-8-22-9-11-25-12-10-22)21-15-13-23(14-15)17(24)26-18(2,3)4;/h15H,5-14H2,1-4H3,(H2,19,20,21);1H. The van der Waals surface area contributed by atoms with E-state index >= 15 is 0 Å². The predicted octanol–water partition coefficient (Wildman–Crippen LogP) is 1.50. The van der Waals surface area contributed by atoms with Crippen LogP contribution in [-0.2, 0) is 9.47 Å². The second kappa shape index (κ2) is 11.9. The van der Waals surface area contributed by atoms with Crippen molar-refractivity contribution in [3.05, 3.63) is 0 Å². The summed E-state index contributed by atoms with van der Waals surface area (Å²) in [5, 5.41) is 6.67. The number of nitrogens with zero attached hydrogens (tertiary/aromatic N) is 3. The van der Waals surface area contributed by atoms with Gasteiger partial charge < -0.3 is 25.0 Å². The molecule has 0 atom stereocenters. The van der Waals surface area contributed by atoms with Gasteiger partial charge in [0.05, 0.1) is 19.3 Å². The van der Waals surface area contributed by atoms with Gasteiger partial charge >= 0.3 is 6.09 Å². The highest BCUT2D eigenvalue weighted by molar-refractivity contribution is 14.0. The van der Waals surface area contributed by atoms with Gasteiger partial charge in [-0.2, -0.15) is 0 Å². The molecule has 0 aromatic carbocycles. The van der Waals surface area contributed by atoms with Crippen LogP contribution in [0.4, 0.5) is 4.79 Å². The van der Waals surface area contributed by atoms with Gasteiger partial charge in [0.2, 0.25) is 0 Å². The van der Waals surface area contributed by atoms with Crippen LogP contribution in [-0.4, -0.2) is 92.5 Å². The molecule has 0 saturated carbocycles. The quantitative estimate of drug-likeness (QED) is 0.251. The molecule has 0 aliphatic carbocycles. The molecule has 0 aromatic rings. The number of carbonyl (C=O) groups is 1. The predicted molar refractivity (Wildman–Crippen MR) is 118 cm³/mol. The van der Waals surface area contributed by atoms with Crippen molar-refractivity contribution in [2.45, 2.75) is 45.8 Å². The number of rotatable bonds is 6. The van der Waals surface area contributed by atoms with Crippen molar-refractivity contribution in [2.24, 2.45) is 4.99 Å². The molecule has 1 amide bonds. The first-order valence-electron chi connectivity index (χ1n) is 9.70. The van der Waals surface area contributed by atoms with Crippen LogP contribution in [0.25, 0.3) is 0 Å². The van der Waals surface area contributed by atoms with Crippen LogP contribution < -0.4 is 10.6 Å². The largest absolute Gasteiger partial charge is 0.444 e. The first-order chi connectivity index (χ1) is 12.4. The number of likely N-dealkylation sites (tertiary alicyclic amines) is 1. The highest BCUT2D eigenvalue weighted by Crippen LogP contribution is 2.15. The Hall–Kier alpha value is -0.810. The highest BCUT2D eigenvalue weighted by atomic mass is 127. The summed E-state index contributed by atoms with van der Waals surface area (Å²) in [4.78, 5) is 20.8. The van der Waals surface area contributed by atoms with Crippen LogP contribution in [0.2, 0.25) is 0 Å². The van der Waals surface area contributed by atoms with Gasteiger partial charge in [0, 0.05) is 45.8 Å². The number of guanidine groups is 1. The topological polar surface area (TPSA) is 78.4 Å². The van der Waals surface area contributed by atoms with Crippen molar-refractivity contribution in [1.82, 2.24) is 20.4 Å². The normalized spacial score (nSPS) is 19.1. The molecule has 2 fully saturated rings. The summed E-state index contributed by atoms with van der Waals surface area (Å²) in [6.45, 7) is 15.4. The molecule has 0 unspecified atom stereocenters. The van der Waals surface area contributed by atoms with Crippen LogP contribution in [0, 0.1) is 0 Å². The van der Waals surface area contributed by atoms with Crippen LogP contribution in [0.3, 0.4) is 0 Å². The van der Waals surface area contributed by atoms with E-state index in [2.05, 4.69) is 27.4 Å². The van der Waals surface area contributed by atoms with Crippen molar-refractivity contribution in [1.29, 1.82) is 0 Å². The van der Waals surface area contributed by atoms with E-state index in [0.717, 1.165) is 58.3 Å². The van der Waals surface area contributed by atoms with E-state index in [1.807, 2.05) is 20.8 Å². The number of nitrogens with one attached hydrogen (secondary N) is 2. The summed E-state index contributed by atoms with van der Waals surface area (Å²) in [5.74, 6) is 0.823. The fraction of sp³-hybridized carbons (Fsp3) is 0.889. The van der Waals surface area contributed by atoms with Crippen molar-refractivity contribution in [2.75, 3.05) is 59.0 Å². The molecule has 0 spiro atoms. The lowest BCUT2D eigenvalue weighted by Gasteiger charge is -2.40. The van der Waals surface area contributed by atoms with E-state index < -0.39 is 5.60 Å². The van der Waals surface area contributed by atoms with E-state index in [9.17, 15) is 4.79 Å². The number of carbonyl (C=O) groups excluding carboxylic acids is 1. The van der Waals surface area contributed by atoms with Gasteiger partial charge in [-0.05, 0) is 34.1 Å². The van der Waals surface area contributed by atoms with Crippen LogP contribution in [0.1, 0.15) is 34.1 Å². The van der Waals surface area contributed by atoms with Crippen LogP contribution in [0.15, 0.2) is 4.99 Å². The summed E-state index contributed by atoms with van der Waals surface area (Å²) >= 11 is 0. The summed E-state index contributed by atoms with van der Waals surface area (Å²) in [5.41, 5.74) is -0.452. The number of aliphatic imine (C=N–C) groups is 1. The van der Waals surface area contributed by atoms with Gasteiger partial charge in [0.25, 0.3) is 0 Å². The monoisotopic (exact) mass is 497 g/mol. The van der Waals surface area contributed by atoms with Gasteiger partial charge in [0.15, 0.2) is 5.96 Å². The minimum atomic E-state index is -0.452. The van der Waals surface area contributed by atoms with Crippen molar-refractivity contribution in [3.8, 4) is 0 Å². The Kier molecular flexibility index (Phi) is 10.7. The lowest BCUT2D eigenvalue weighted by atomic mass is 10.1. The number of morpholine rings is 1. The minimum Gasteiger partial charge on any atom is -0.444 e. The number of amides is 1. The molecule has 2 heterocycles. The molecule has 2 aliphatic heterocycles. The Morgan fingerprint density at radius 1 is 1.26 bits per heavy atom. The Bertz CT molecular complexity index is 472. The van der Waals surface area contributed by atoms with E-state index in [1.165, 1.54) is 0 Å². The number of halogens is 1. The maximum absolute atomic E-state index is 12.0. The molecule has 2 N–H and O–H groups in total. The van der Waals surface area contributed by atoms with Gasteiger partial charge in [-0.25, -0.2) is 4.79 Å². The van der Waals surface area contributed by atoms with E-state index in [0.29, 0.717) is 13.1 Å². The maximum Gasteiger partial charge on any atom is 0.410 e. The molecular formula is C18H36IN5O3. The SMILES string of the molecule is CCNC(=NCCCN1CCOCC1)NC1CN(C(=O)OC(C)(C)C)C1.I. The summed E-state index contributed by atoms with van der Waals surface area (Å²) in [6, 6.07) is 0.222. The van der Waals surface area contributed by atoms with Crippen molar-refractivity contribution >= 4 is 36.0 Å². The van der Waals surface area contributed by atoms with E-state index in [4.69, 9.17) is 9.47 Å².